The largest absolute Gasteiger partial charge is 0.497 e. The van der Waals surface area contributed by atoms with Gasteiger partial charge in [-0.2, -0.15) is 5.10 Å². The smallest absolute Gasteiger partial charge is 0.271 e. The zero-order valence-corrected chi connectivity index (χ0v) is 18.6. The second kappa shape index (κ2) is 9.86. The molecular weight excluding hydrogens is 436 g/mol. The number of aromatic nitrogens is 2. The molecule has 0 saturated heterocycles. The molecule has 9 heteroatoms. The molecular formula is C25H22N4O5. The van der Waals surface area contributed by atoms with Crippen molar-refractivity contribution in [2.24, 2.45) is 0 Å². The Morgan fingerprint density at radius 3 is 2.53 bits per heavy atom. The van der Waals surface area contributed by atoms with Gasteiger partial charge in [0.25, 0.3) is 11.6 Å². The van der Waals surface area contributed by atoms with Gasteiger partial charge in [0.1, 0.15) is 17.2 Å². The fourth-order valence-corrected chi connectivity index (χ4v) is 3.52. The maximum absolute atomic E-state index is 13.4. The van der Waals surface area contributed by atoms with Crippen molar-refractivity contribution in [2.45, 2.75) is 6.54 Å². The molecule has 34 heavy (non-hydrogen) atoms. The molecule has 0 aliphatic carbocycles. The third kappa shape index (κ3) is 4.88. The molecule has 9 nitrogen and oxygen atoms in total. The number of benzene rings is 3. The average Bonchev–Trinajstić information content (AvgIpc) is 3.28. The third-order valence-electron chi connectivity index (χ3n) is 5.18. The summed E-state index contributed by atoms with van der Waals surface area (Å²) in [6, 6.07) is 21.0. The van der Waals surface area contributed by atoms with Crippen LogP contribution in [0.15, 0.2) is 79.0 Å². The number of rotatable bonds is 8. The fourth-order valence-electron chi connectivity index (χ4n) is 3.52. The Morgan fingerprint density at radius 1 is 1.03 bits per heavy atom. The van der Waals surface area contributed by atoms with Crippen molar-refractivity contribution in [1.29, 1.82) is 0 Å². The molecule has 0 aliphatic heterocycles. The van der Waals surface area contributed by atoms with E-state index < -0.39 is 10.8 Å². The van der Waals surface area contributed by atoms with Crippen LogP contribution in [0.5, 0.6) is 11.5 Å². The number of non-ortho nitro benzene ring substituents is 1. The lowest BCUT2D eigenvalue weighted by molar-refractivity contribution is -0.384. The van der Waals surface area contributed by atoms with E-state index in [1.54, 1.807) is 30.1 Å². The van der Waals surface area contributed by atoms with Gasteiger partial charge in [0.05, 0.1) is 36.9 Å². The number of hydrogen-bond acceptors (Lipinski definition) is 6. The van der Waals surface area contributed by atoms with Gasteiger partial charge in [-0.1, -0.05) is 42.5 Å². The first kappa shape index (κ1) is 22.5. The number of ether oxygens (including phenoxy) is 2. The van der Waals surface area contributed by atoms with Crippen LogP contribution in [0.25, 0.3) is 11.3 Å². The Balaban J connectivity index is 1.74. The number of methoxy groups -OCH3 is 2. The maximum atomic E-state index is 13.4. The van der Waals surface area contributed by atoms with Crippen molar-refractivity contribution in [2.75, 3.05) is 19.5 Å². The van der Waals surface area contributed by atoms with Crippen LogP contribution in [0.4, 0.5) is 11.4 Å². The number of nitro benzene ring substituents is 1. The molecule has 1 amide bonds. The van der Waals surface area contributed by atoms with Gasteiger partial charge in [0.2, 0.25) is 0 Å². The highest BCUT2D eigenvalue weighted by molar-refractivity contribution is 6.08. The topological polar surface area (TPSA) is 109 Å². The average molecular weight is 458 g/mol. The fraction of sp³-hybridized carbons (Fsp3) is 0.120. The van der Waals surface area contributed by atoms with E-state index in [4.69, 9.17) is 9.47 Å². The zero-order valence-electron chi connectivity index (χ0n) is 18.6. The molecule has 0 saturated carbocycles. The summed E-state index contributed by atoms with van der Waals surface area (Å²) >= 11 is 0. The van der Waals surface area contributed by atoms with Crippen molar-refractivity contribution in [1.82, 2.24) is 9.78 Å². The second-order valence-corrected chi connectivity index (χ2v) is 7.40. The molecule has 0 radical (unpaired) electrons. The first-order chi connectivity index (χ1) is 16.5. The van der Waals surface area contributed by atoms with E-state index in [-0.39, 0.29) is 11.4 Å². The van der Waals surface area contributed by atoms with Gasteiger partial charge in [-0.05, 0) is 23.8 Å². The molecule has 4 rings (SSSR count). The van der Waals surface area contributed by atoms with Crippen LogP contribution in [-0.2, 0) is 6.54 Å². The number of nitro groups is 1. The first-order valence-electron chi connectivity index (χ1n) is 10.4. The van der Waals surface area contributed by atoms with E-state index in [0.717, 1.165) is 5.56 Å². The van der Waals surface area contributed by atoms with Crippen molar-refractivity contribution in [3.63, 3.8) is 0 Å². The standard InChI is InChI=1S/C25H22N4O5/c1-33-20-10-6-9-18(13-20)24-21(16-28(27-24)15-17-7-4-3-5-8-17)25(30)26-22-14-19(29(31)32)11-12-23(22)34-2/h3-14,16H,15H2,1-2H3,(H,26,30). The molecule has 4 aromatic rings. The van der Waals surface area contributed by atoms with Gasteiger partial charge in [-0.3, -0.25) is 19.6 Å². The minimum atomic E-state index is -0.533. The van der Waals surface area contributed by atoms with E-state index in [1.807, 2.05) is 42.5 Å². The van der Waals surface area contributed by atoms with E-state index in [1.165, 1.54) is 25.3 Å². The summed E-state index contributed by atoms with van der Waals surface area (Å²) in [4.78, 5) is 24.0. The third-order valence-corrected chi connectivity index (χ3v) is 5.18. The van der Waals surface area contributed by atoms with E-state index in [0.29, 0.717) is 34.9 Å². The zero-order chi connectivity index (χ0) is 24.1. The summed E-state index contributed by atoms with van der Waals surface area (Å²) in [5.41, 5.74) is 2.50. The van der Waals surface area contributed by atoms with Crippen molar-refractivity contribution in [3.8, 4) is 22.8 Å². The number of hydrogen-bond donors (Lipinski definition) is 1. The summed E-state index contributed by atoms with van der Waals surface area (Å²) in [6.07, 6.45) is 1.65. The highest BCUT2D eigenvalue weighted by Crippen LogP contribution is 2.31. The second-order valence-electron chi connectivity index (χ2n) is 7.40. The Hall–Kier alpha value is -4.66. The lowest BCUT2D eigenvalue weighted by atomic mass is 10.1. The lowest BCUT2D eigenvalue weighted by Gasteiger charge is -2.10. The summed E-state index contributed by atoms with van der Waals surface area (Å²) in [5.74, 6) is 0.455. The van der Waals surface area contributed by atoms with Crippen LogP contribution >= 0.6 is 0 Å². The van der Waals surface area contributed by atoms with E-state index in [9.17, 15) is 14.9 Å². The molecule has 0 fully saturated rings. The van der Waals surface area contributed by atoms with Gasteiger partial charge < -0.3 is 14.8 Å². The quantitative estimate of drug-likeness (QED) is 0.301. The lowest BCUT2D eigenvalue weighted by Crippen LogP contribution is -2.13. The SMILES string of the molecule is COc1cccc(-c2nn(Cc3ccccc3)cc2C(=O)Nc2cc([N+](=O)[O-])ccc2OC)c1. The van der Waals surface area contributed by atoms with Gasteiger partial charge >= 0.3 is 0 Å². The molecule has 1 heterocycles. The van der Waals surface area contributed by atoms with Crippen molar-refractivity contribution >= 4 is 17.3 Å². The van der Waals surface area contributed by atoms with Gasteiger partial charge in [0, 0.05) is 23.9 Å². The number of nitrogens with one attached hydrogen (secondary N) is 1. The molecule has 1 N–H and O–H groups in total. The van der Waals surface area contributed by atoms with Crippen molar-refractivity contribution in [3.05, 3.63) is 100 Å². The van der Waals surface area contributed by atoms with Gasteiger partial charge in [-0.25, -0.2) is 0 Å². The summed E-state index contributed by atoms with van der Waals surface area (Å²) < 4.78 is 12.3. The monoisotopic (exact) mass is 458 g/mol. The first-order valence-corrected chi connectivity index (χ1v) is 10.4. The Kier molecular flexibility index (Phi) is 6.54. The number of carbonyl (C=O) groups excluding carboxylic acids is 1. The number of nitrogens with zero attached hydrogens (tertiary/aromatic N) is 3. The van der Waals surface area contributed by atoms with Crippen LogP contribution in [0.1, 0.15) is 15.9 Å². The van der Waals surface area contributed by atoms with Crippen molar-refractivity contribution < 1.29 is 19.2 Å². The molecule has 1 aromatic heterocycles. The van der Waals surface area contributed by atoms with Crippen LogP contribution in [0.3, 0.4) is 0 Å². The van der Waals surface area contributed by atoms with Crippen LogP contribution < -0.4 is 14.8 Å². The molecule has 0 atom stereocenters. The maximum Gasteiger partial charge on any atom is 0.271 e. The predicted octanol–water partition coefficient (Wildman–Crippen LogP) is 4.78. The minimum absolute atomic E-state index is 0.163. The highest BCUT2D eigenvalue weighted by atomic mass is 16.6. The molecule has 0 aliphatic rings. The van der Waals surface area contributed by atoms with Gasteiger partial charge in [0.15, 0.2) is 0 Å². The normalized spacial score (nSPS) is 10.5. The van der Waals surface area contributed by atoms with E-state index >= 15 is 0 Å². The molecule has 3 aromatic carbocycles. The summed E-state index contributed by atoms with van der Waals surface area (Å²) in [7, 11) is 2.99. The number of carbonyl (C=O) groups is 1. The van der Waals surface area contributed by atoms with Crippen LogP contribution in [-0.4, -0.2) is 34.8 Å². The Bertz CT molecular complexity index is 1330. The van der Waals surface area contributed by atoms with E-state index in [2.05, 4.69) is 10.4 Å². The minimum Gasteiger partial charge on any atom is -0.497 e. The number of anilines is 1. The molecule has 0 spiro atoms. The number of amides is 1. The van der Waals surface area contributed by atoms with Crippen LogP contribution in [0.2, 0.25) is 0 Å². The van der Waals surface area contributed by atoms with Crippen LogP contribution in [0, 0.1) is 10.1 Å². The molecule has 0 unspecified atom stereocenters. The van der Waals surface area contributed by atoms with Gasteiger partial charge in [-0.15, -0.1) is 0 Å². The molecule has 172 valence electrons. The molecule has 0 bridgehead atoms. The highest BCUT2D eigenvalue weighted by Gasteiger charge is 2.21. The summed E-state index contributed by atoms with van der Waals surface area (Å²) in [5, 5.41) is 18.6. The predicted molar refractivity (Wildman–Crippen MR) is 127 cm³/mol. The summed E-state index contributed by atoms with van der Waals surface area (Å²) in [6.45, 7) is 0.464. The Morgan fingerprint density at radius 2 is 1.82 bits per heavy atom. The Labute approximate surface area is 195 Å².